The van der Waals surface area contributed by atoms with Crippen molar-refractivity contribution in [1.82, 2.24) is 4.90 Å². The lowest BCUT2D eigenvalue weighted by Gasteiger charge is -2.35. The average molecular weight is 541 g/mol. The van der Waals surface area contributed by atoms with E-state index in [-0.39, 0.29) is 41.9 Å². The van der Waals surface area contributed by atoms with Crippen LogP contribution in [0.4, 0.5) is 5.69 Å². The Kier molecular flexibility index (Phi) is 5.44. The minimum absolute atomic E-state index is 0.0719. The lowest BCUT2D eigenvalue weighted by atomic mass is 9.83. The van der Waals surface area contributed by atoms with Crippen molar-refractivity contribution < 1.29 is 18.7 Å². The summed E-state index contributed by atoms with van der Waals surface area (Å²) in [5.74, 6) is -0.951. The number of aryl methyl sites for hydroxylation is 1. The van der Waals surface area contributed by atoms with E-state index in [0.717, 1.165) is 24.0 Å². The summed E-state index contributed by atoms with van der Waals surface area (Å²) in [6, 6.07) is 20.0. The first-order valence-electron chi connectivity index (χ1n) is 13.1. The molecule has 2 unspecified atom stereocenters. The van der Waals surface area contributed by atoms with Gasteiger partial charge in [0, 0.05) is 23.7 Å². The number of halogens is 1. The molecule has 0 N–H and O–H groups in total. The van der Waals surface area contributed by atoms with Gasteiger partial charge in [0.05, 0.1) is 29.3 Å². The number of carbonyl (C=O) groups is 2. The first-order valence-corrected chi connectivity index (χ1v) is 13.5. The number of nitrogens with zero attached hydrogens (tertiary/aromatic N) is 2. The summed E-state index contributed by atoms with van der Waals surface area (Å²) >= 11 is 6.50. The number of amides is 2. The molecule has 4 heterocycles. The molecule has 7 nitrogen and oxygen atoms in total. The normalized spacial score (nSPS) is 21.8. The van der Waals surface area contributed by atoms with Crippen LogP contribution in [-0.2, 0) is 21.6 Å². The number of anilines is 1. The third-order valence-corrected chi connectivity index (χ3v) is 8.46. The largest absolute Gasteiger partial charge is 0.450 e. The van der Waals surface area contributed by atoms with Gasteiger partial charge in [-0.05, 0) is 49.6 Å². The topological polar surface area (TPSA) is 80.1 Å². The fourth-order valence-corrected chi connectivity index (χ4v) is 6.50. The molecule has 0 bridgehead atoms. The van der Waals surface area contributed by atoms with Crippen molar-refractivity contribution >= 4 is 40.1 Å². The maximum Gasteiger partial charge on any atom is 0.291 e. The molecule has 1 fully saturated rings. The predicted octanol–water partition coefficient (Wildman–Crippen LogP) is 5.18. The van der Waals surface area contributed by atoms with Crippen molar-refractivity contribution in [2.45, 2.75) is 38.0 Å². The fraction of sp³-hybridized carbons (Fsp3) is 0.258. The molecule has 4 aromatic rings. The van der Waals surface area contributed by atoms with Crippen LogP contribution in [0.1, 0.15) is 45.7 Å². The zero-order chi connectivity index (χ0) is 26.9. The molecule has 196 valence electrons. The van der Waals surface area contributed by atoms with Crippen LogP contribution in [0, 0.1) is 6.92 Å². The predicted molar refractivity (Wildman–Crippen MR) is 147 cm³/mol. The Morgan fingerprint density at radius 3 is 2.62 bits per heavy atom. The Balaban J connectivity index is 1.51. The number of para-hydroxylation sites is 1. The summed E-state index contributed by atoms with van der Waals surface area (Å²) in [5, 5.41) is 0.874. The van der Waals surface area contributed by atoms with Gasteiger partial charge < -0.3 is 19.0 Å². The van der Waals surface area contributed by atoms with Crippen molar-refractivity contribution in [3.8, 4) is 0 Å². The summed E-state index contributed by atoms with van der Waals surface area (Å²) in [7, 11) is 0. The van der Waals surface area contributed by atoms with E-state index in [4.69, 9.17) is 20.8 Å². The second-order valence-corrected chi connectivity index (χ2v) is 10.8. The lowest BCUT2D eigenvalue weighted by Crippen LogP contribution is -2.55. The van der Waals surface area contributed by atoms with Crippen molar-refractivity contribution in [2.24, 2.45) is 0 Å². The van der Waals surface area contributed by atoms with Gasteiger partial charge in [-0.15, -0.1) is 0 Å². The highest BCUT2D eigenvalue weighted by Crippen LogP contribution is 2.53. The van der Waals surface area contributed by atoms with Gasteiger partial charge >= 0.3 is 0 Å². The Morgan fingerprint density at radius 1 is 1.03 bits per heavy atom. The van der Waals surface area contributed by atoms with Crippen LogP contribution >= 0.6 is 11.6 Å². The standard InChI is InChI=1S/C31H25ClN2O5/c1-18-12-13-25-21(15-18)27(35)26-28(39-25)29(36)34(17-20-8-6-14-38-20)31(26)22-9-3-5-11-24(22)33(30(31)37)16-19-7-2-4-10-23(19)32/h2-5,7,9-13,15,20H,6,8,14,16-17H2,1H3. The van der Waals surface area contributed by atoms with E-state index in [9.17, 15) is 14.4 Å². The molecule has 3 aromatic carbocycles. The van der Waals surface area contributed by atoms with Crippen LogP contribution in [0.3, 0.4) is 0 Å². The number of benzene rings is 3. The second kappa shape index (κ2) is 8.79. The molecule has 7 rings (SSSR count). The number of hydrogen-bond acceptors (Lipinski definition) is 5. The van der Waals surface area contributed by atoms with E-state index in [1.165, 1.54) is 4.90 Å². The molecule has 0 saturated carbocycles. The summed E-state index contributed by atoms with van der Waals surface area (Å²) in [6.45, 7) is 2.83. The molecule has 1 saturated heterocycles. The summed E-state index contributed by atoms with van der Waals surface area (Å²) < 4.78 is 12.1. The minimum atomic E-state index is -1.67. The Labute approximate surface area is 229 Å². The zero-order valence-electron chi connectivity index (χ0n) is 21.3. The van der Waals surface area contributed by atoms with Crippen LogP contribution in [0.2, 0.25) is 5.02 Å². The van der Waals surface area contributed by atoms with Gasteiger partial charge in [-0.2, -0.15) is 0 Å². The molecule has 2 atom stereocenters. The lowest BCUT2D eigenvalue weighted by molar-refractivity contribution is -0.126. The quantitative estimate of drug-likeness (QED) is 0.356. The number of fused-ring (bicyclic) bond motifs is 5. The van der Waals surface area contributed by atoms with Crippen molar-refractivity contribution in [1.29, 1.82) is 0 Å². The maximum absolute atomic E-state index is 14.8. The molecule has 8 heteroatoms. The van der Waals surface area contributed by atoms with Gasteiger partial charge in [-0.3, -0.25) is 14.4 Å². The van der Waals surface area contributed by atoms with Crippen LogP contribution < -0.4 is 10.3 Å². The van der Waals surface area contributed by atoms with Gasteiger partial charge in [-0.25, -0.2) is 0 Å². The second-order valence-electron chi connectivity index (χ2n) is 10.4. The maximum atomic E-state index is 14.8. The first kappa shape index (κ1) is 24.1. The van der Waals surface area contributed by atoms with E-state index in [1.54, 1.807) is 23.1 Å². The highest BCUT2D eigenvalue weighted by atomic mass is 35.5. The van der Waals surface area contributed by atoms with Crippen LogP contribution in [0.15, 0.2) is 75.9 Å². The van der Waals surface area contributed by atoms with E-state index in [0.29, 0.717) is 33.8 Å². The van der Waals surface area contributed by atoms with Crippen molar-refractivity contribution in [3.05, 3.63) is 110 Å². The van der Waals surface area contributed by atoms with Gasteiger partial charge in [0.1, 0.15) is 5.58 Å². The molecule has 0 radical (unpaired) electrons. The monoisotopic (exact) mass is 540 g/mol. The molecule has 1 spiro atoms. The Morgan fingerprint density at radius 2 is 1.82 bits per heavy atom. The summed E-state index contributed by atoms with van der Waals surface area (Å²) in [5.41, 5.74) is 1.19. The third-order valence-electron chi connectivity index (χ3n) is 8.09. The molecular formula is C31H25ClN2O5. The minimum Gasteiger partial charge on any atom is -0.450 e. The molecule has 2 amide bonds. The Bertz CT molecular complexity index is 1740. The van der Waals surface area contributed by atoms with Gasteiger partial charge in [0.15, 0.2) is 11.0 Å². The highest BCUT2D eigenvalue weighted by molar-refractivity contribution is 6.31. The number of hydrogen-bond donors (Lipinski definition) is 0. The van der Waals surface area contributed by atoms with Crippen LogP contribution in [0.25, 0.3) is 11.0 Å². The van der Waals surface area contributed by atoms with Crippen molar-refractivity contribution in [2.75, 3.05) is 18.1 Å². The molecule has 39 heavy (non-hydrogen) atoms. The van der Waals surface area contributed by atoms with E-state index in [2.05, 4.69) is 0 Å². The van der Waals surface area contributed by atoms with E-state index >= 15 is 0 Å². The van der Waals surface area contributed by atoms with Crippen LogP contribution in [-0.4, -0.2) is 36.0 Å². The average Bonchev–Trinajstić information content (AvgIpc) is 3.60. The summed E-state index contributed by atoms with van der Waals surface area (Å²) in [6.07, 6.45) is 1.39. The molecule has 3 aliphatic rings. The van der Waals surface area contributed by atoms with Gasteiger partial charge in [0.25, 0.3) is 11.8 Å². The summed E-state index contributed by atoms with van der Waals surface area (Å²) in [4.78, 5) is 46.4. The number of rotatable bonds is 4. The van der Waals surface area contributed by atoms with E-state index in [1.807, 2.05) is 55.5 Å². The molecular weight excluding hydrogens is 516 g/mol. The molecule has 1 aromatic heterocycles. The van der Waals surface area contributed by atoms with Crippen molar-refractivity contribution in [3.63, 3.8) is 0 Å². The highest BCUT2D eigenvalue weighted by Gasteiger charge is 2.65. The Hall–Kier alpha value is -3.94. The first-order chi connectivity index (χ1) is 18.9. The molecule has 0 aliphatic carbocycles. The zero-order valence-corrected chi connectivity index (χ0v) is 22.0. The van der Waals surface area contributed by atoms with Gasteiger partial charge in [0.2, 0.25) is 5.76 Å². The van der Waals surface area contributed by atoms with E-state index < -0.39 is 11.4 Å². The number of ether oxygens (including phenoxy) is 1. The third kappa shape index (κ3) is 3.36. The number of carbonyl (C=O) groups excluding carboxylic acids is 2. The molecule has 3 aliphatic heterocycles. The SMILES string of the molecule is Cc1ccc2oc3c(c(=O)c2c1)C1(C(=O)N(Cc2ccccc2Cl)c2ccccc21)N(CC1CCCO1)C3=O. The fourth-order valence-electron chi connectivity index (χ4n) is 6.30. The van der Waals surface area contributed by atoms with Crippen LogP contribution in [0.5, 0.6) is 0 Å². The smallest absolute Gasteiger partial charge is 0.291 e. The van der Waals surface area contributed by atoms with Gasteiger partial charge in [-0.1, -0.05) is 59.6 Å².